The van der Waals surface area contributed by atoms with E-state index in [2.05, 4.69) is 13.8 Å². The molecular weight excluding hydrogens is 452 g/mol. The summed E-state index contributed by atoms with van der Waals surface area (Å²) in [5, 5.41) is 25.9. The number of rotatable bonds is 28. The Balaban J connectivity index is 0. The maximum absolute atomic E-state index is 10.4. The Labute approximate surface area is 224 Å². The molecule has 0 fully saturated rings. The van der Waals surface area contributed by atoms with Gasteiger partial charge in [-0.1, -0.05) is 149 Å². The van der Waals surface area contributed by atoms with Crippen LogP contribution in [0.4, 0.5) is 0 Å². The zero-order valence-electron chi connectivity index (χ0n) is 24.3. The van der Waals surface area contributed by atoms with Gasteiger partial charge in [0.15, 0.2) is 0 Å². The summed E-state index contributed by atoms with van der Waals surface area (Å²) in [7, 11) is 0. The van der Waals surface area contributed by atoms with E-state index >= 15 is 0 Å². The maximum atomic E-state index is 10.4. The second-order valence-corrected chi connectivity index (χ2v) is 10.5. The van der Waals surface area contributed by atoms with Gasteiger partial charge in [-0.3, -0.25) is 4.79 Å². The first-order valence-corrected chi connectivity index (χ1v) is 15.7. The number of unbranched alkanes of at least 4 members (excludes halogenated alkanes) is 21. The normalized spacial score (nSPS) is 11.8. The minimum Gasteiger partial charge on any atom is -0.481 e. The third-order valence-electron chi connectivity index (χ3n) is 6.66. The summed E-state index contributed by atoms with van der Waals surface area (Å²) >= 11 is 0. The summed E-state index contributed by atoms with van der Waals surface area (Å²) in [5.41, 5.74) is 0. The van der Waals surface area contributed by atoms with E-state index in [0.29, 0.717) is 13.0 Å². The number of carbonyl (C=O) groups is 1. The Morgan fingerprint density at radius 2 is 0.917 bits per heavy atom. The van der Waals surface area contributed by atoms with Gasteiger partial charge < -0.3 is 20.1 Å². The highest BCUT2D eigenvalue weighted by molar-refractivity contribution is 5.66. The van der Waals surface area contributed by atoms with Crippen LogP contribution in [0.1, 0.15) is 168 Å². The molecule has 0 spiro atoms. The van der Waals surface area contributed by atoms with E-state index in [0.717, 1.165) is 19.3 Å². The molecule has 0 heterocycles. The van der Waals surface area contributed by atoms with Gasteiger partial charge in [-0.2, -0.15) is 0 Å². The first-order chi connectivity index (χ1) is 17.6. The SMILES string of the molecule is CCCCCCCCCCCCCCCCCCCCCC(=O)O.CCCCCCOCC(O)CO. The van der Waals surface area contributed by atoms with E-state index in [1.54, 1.807) is 0 Å². The minimum absolute atomic E-state index is 0.213. The number of aliphatic carboxylic acids is 1. The average molecular weight is 517 g/mol. The van der Waals surface area contributed by atoms with Crippen LogP contribution in [0.2, 0.25) is 0 Å². The summed E-state index contributed by atoms with van der Waals surface area (Å²) < 4.78 is 5.12. The number of hydrogen-bond donors (Lipinski definition) is 3. The van der Waals surface area contributed by atoms with E-state index in [-0.39, 0.29) is 13.2 Å². The van der Waals surface area contributed by atoms with Gasteiger partial charge in [-0.25, -0.2) is 0 Å². The first-order valence-electron chi connectivity index (χ1n) is 15.7. The Morgan fingerprint density at radius 3 is 1.25 bits per heavy atom. The number of hydrogen-bond acceptors (Lipinski definition) is 4. The quantitative estimate of drug-likeness (QED) is 0.0904. The van der Waals surface area contributed by atoms with E-state index in [4.69, 9.17) is 20.1 Å². The lowest BCUT2D eigenvalue weighted by molar-refractivity contribution is -0.137. The van der Waals surface area contributed by atoms with E-state index in [1.165, 1.54) is 128 Å². The average Bonchev–Trinajstić information content (AvgIpc) is 2.87. The van der Waals surface area contributed by atoms with Crippen LogP contribution in [0.3, 0.4) is 0 Å². The van der Waals surface area contributed by atoms with E-state index in [9.17, 15) is 4.79 Å². The molecule has 0 radical (unpaired) electrons. The Bertz CT molecular complexity index is 402. The summed E-state index contributed by atoms with van der Waals surface area (Å²) in [4.78, 5) is 10.4. The molecule has 218 valence electrons. The molecule has 0 bridgehead atoms. The zero-order chi connectivity index (χ0) is 27.0. The predicted molar refractivity (Wildman–Crippen MR) is 154 cm³/mol. The molecule has 36 heavy (non-hydrogen) atoms. The monoisotopic (exact) mass is 516 g/mol. The summed E-state index contributed by atoms with van der Waals surface area (Å²) in [6, 6.07) is 0. The Hall–Kier alpha value is -0.650. The number of carboxylic acids is 1. The second kappa shape index (κ2) is 34.4. The molecule has 0 aromatic rings. The molecule has 0 aliphatic heterocycles. The molecule has 0 aliphatic rings. The van der Waals surface area contributed by atoms with Gasteiger partial charge >= 0.3 is 5.97 Å². The number of aliphatic hydroxyl groups excluding tert-OH is 2. The fraction of sp³-hybridized carbons (Fsp3) is 0.968. The van der Waals surface area contributed by atoms with Crippen LogP contribution in [-0.4, -0.2) is 47.2 Å². The van der Waals surface area contributed by atoms with Crippen LogP contribution in [0.5, 0.6) is 0 Å². The van der Waals surface area contributed by atoms with Crippen LogP contribution in [0.15, 0.2) is 0 Å². The standard InChI is InChI=1S/C22H44O2.C9H20O3/c1-2-3-4-5-6-7-8-9-10-11-12-13-14-15-16-17-18-19-20-21-22(23)24;1-2-3-4-5-6-12-8-9(11)7-10/h2-21H2,1H3,(H,23,24);9-11H,2-8H2,1H3. The highest BCUT2D eigenvalue weighted by Gasteiger charge is 2.00. The molecule has 3 N–H and O–H groups in total. The van der Waals surface area contributed by atoms with Crippen molar-refractivity contribution in [3.63, 3.8) is 0 Å². The van der Waals surface area contributed by atoms with Crippen molar-refractivity contribution in [2.45, 2.75) is 174 Å². The van der Waals surface area contributed by atoms with Crippen LogP contribution in [0, 0.1) is 0 Å². The second-order valence-electron chi connectivity index (χ2n) is 10.5. The van der Waals surface area contributed by atoms with Crippen molar-refractivity contribution in [2.24, 2.45) is 0 Å². The minimum atomic E-state index is -0.712. The maximum Gasteiger partial charge on any atom is 0.303 e. The number of aliphatic hydroxyl groups is 2. The lowest BCUT2D eigenvalue weighted by atomic mass is 10.0. The van der Waals surface area contributed by atoms with Gasteiger partial charge in [0, 0.05) is 13.0 Å². The molecule has 0 amide bonds. The highest BCUT2D eigenvalue weighted by atomic mass is 16.5. The predicted octanol–water partition coefficient (Wildman–Crippen LogP) is 8.83. The highest BCUT2D eigenvalue weighted by Crippen LogP contribution is 2.14. The lowest BCUT2D eigenvalue weighted by Crippen LogP contribution is -2.19. The van der Waals surface area contributed by atoms with Gasteiger partial charge in [0.2, 0.25) is 0 Å². The van der Waals surface area contributed by atoms with Crippen molar-refractivity contribution in [1.82, 2.24) is 0 Å². The van der Waals surface area contributed by atoms with Gasteiger partial charge in [0.05, 0.1) is 13.2 Å². The molecule has 5 nitrogen and oxygen atoms in total. The van der Waals surface area contributed by atoms with E-state index in [1.807, 2.05) is 0 Å². The number of carboxylic acid groups (broad SMARTS) is 1. The topological polar surface area (TPSA) is 87.0 Å². The molecule has 0 rings (SSSR count). The van der Waals surface area contributed by atoms with Crippen molar-refractivity contribution >= 4 is 5.97 Å². The zero-order valence-corrected chi connectivity index (χ0v) is 24.3. The summed E-state index contributed by atoms with van der Waals surface area (Å²) in [6.07, 6.45) is 30.1. The molecule has 0 aromatic heterocycles. The van der Waals surface area contributed by atoms with Gasteiger partial charge in [0.1, 0.15) is 6.10 Å². The molecular formula is C31H64O5. The molecule has 0 saturated carbocycles. The largest absolute Gasteiger partial charge is 0.481 e. The number of ether oxygens (including phenoxy) is 1. The first kappa shape index (κ1) is 37.5. The van der Waals surface area contributed by atoms with Crippen molar-refractivity contribution in [1.29, 1.82) is 0 Å². The van der Waals surface area contributed by atoms with Crippen LogP contribution in [0.25, 0.3) is 0 Å². The molecule has 0 saturated heterocycles. The molecule has 1 unspecified atom stereocenters. The van der Waals surface area contributed by atoms with Crippen LogP contribution in [-0.2, 0) is 9.53 Å². The van der Waals surface area contributed by atoms with Crippen molar-refractivity contribution in [3.05, 3.63) is 0 Å². The molecule has 1 atom stereocenters. The Morgan fingerprint density at radius 1 is 0.583 bits per heavy atom. The van der Waals surface area contributed by atoms with Crippen molar-refractivity contribution in [2.75, 3.05) is 19.8 Å². The Kier molecular flexibility index (Phi) is 35.8. The molecule has 0 aromatic carbocycles. The third kappa shape index (κ3) is 37.9. The molecule has 5 heteroatoms. The summed E-state index contributed by atoms with van der Waals surface area (Å²) in [6.45, 7) is 5.18. The van der Waals surface area contributed by atoms with Crippen LogP contribution >= 0.6 is 0 Å². The van der Waals surface area contributed by atoms with Gasteiger partial charge in [-0.05, 0) is 12.8 Å². The fourth-order valence-corrected chi connectivity index (χ4v) is 4.26. The molecule has 0 aliphatic carbocycles. The van der Waals surface area contributed by atoms with E-state index < -0.39 is 12.1 Å². The smallest absolute Gasteiger partial charge is 0.303 e. The third-order valence-corrected chi connectivity index (χ3v) is 6.66. The van der Waals surface area contributed by atoms with Gasteiger partial charge in [-0.15, -0.1) is 0 Å². The van der Waals surface area contributed by atoms with Crippen molar-refractivity contribution < 1.29 is 24.9 Å². The summed E-state index contributed by atoms with van der Waals surface area (Å²) in [5.74, 6) is -0.651. The van der Waals surface area contributed by atoms with Crippen molar-refractivity contribution in [3.8, 4) is 0 Å². The fourth-order valence-electron chi connectivity index (χ4n) is 4.26. The van der Waals surface area contributed by atoms with Crippen LogP contribution < -0.4 is 0 Å². The lowest BCUT2D eigenvalue weighted by Gasteiger charge is -2.07. The van der Waals surface area contributed by atoms with Gasteiger partial charge in [0.25, 0.3) is 0 Å².